The van der Waals surface area contributed by atoms with Crippen molar-refractivity contribution in [2.75, 3.05) is 0 Å². The van der Waals surface area contributed by atoms with Crippen LogP contribution in [0.4, 0.5) is 0 Å². The predicted octanol–water partition coefficient (Wildman–Crippen LogP) is 2.85. The van der Waals surface area contributed by atoms with E-state index in [1.54, 1.807) is 11.3 Å². The molecular formula is C14H22N4S. The fourth-order valence-corrected chi connectivity index (χ4v) is 2.69. The molecule has 1 atom stereocenters. The van der Waals surface area contributed by atoms with E-state index in [0.29, 0.717) is 6.04 Å². The number of aromatic nitrogens is 3. The second-order valence-corrected chi connectivity index (χ2v) is 6.86. The highest BCUT2D eigenvalue weighted by atomic mass is 32.1. The molecule has 0 spiro atoms. The molecule has 0 aliphatic carbocycles. The van der Waals surface area contributed by atoms with Crippen LogP contribution in [0.2, 0.25) is 0 Å². The largest absolute Gasteiger partial charge is 0.336 e. The molecular weight excluding hydrogens is 256 g/mol. The molecule has 0 amide bonds. The van der Waals surface area contributed by atoms with Crippen molar-refractivity contribution in [3.05, 3.63) is 34.8 Å². The number of hydrogen-bond acceptors (Lipinski definition) is 4. The summed E-state index contributed by atoms with van der Waals surface area (Å²) < 4.78 is 2.13. The van der Waals surface area contributed by atoms with Crippen molar-refractivity contribution in [1.82, 2.24) is 19.9 Å². The predicted molar refractivity (Wildman–Crippen MR) is 79.2 cm³/mol. The summed E-state index contributed by atoms with van der Waals surface area (Å²) in [5.41, 5.74) is 3.24. The Balaban J connectivity index is 2.00. The average molecular weight is 278 g/mol. The Kier molecular flexibility index (Phi) is 4.37. The molecule has 0 aliphatic rings. The van der Waals surface area contributed by atoms with Gasteiger partial charge in [-0.2, -0.15) is 0 Å². The Morgan fingerprint density at radius 1 is 1.42 bits per heavy atom. The van der Waals surface area contributed by atoms with Crippen LogP contribution in [0.1, 0.15) is 31.3 Å². The Morgan fingerprint density at radius 3 is 2.74 bits per heavy atom. The lowest BCUT2D eigenvalue weighted by Crippen LogP contribution is -2.42. The van der Waals surface area contributed by atoms with Gasteiger partial charge in [0.25, 0.3) is 0 Å². The molecule has 0 saturated carbocycles. The number of aryl methyl sites for hydroxylation is 1. The Hall–Kier alpha value is -1.20. The van der Waals surface area contributed by atoms with E-state index in [4.69, 9.17) is 0 Å². The molecule has 0 aromatic carbocycles. The van der Waals surface area contributed by atoms with Gasteiger partial charge in [0.05, 0.1) is 17.5 Å². The summed E-state index contributed by atoms with van der Waals surface area (Å²) >= 11 is 1.72. The molecule has 104 valence electrons. The lowest BCUT2D eigenvalue weighted by Gasteiger charge is -2.32. The van der Waals surface area contributed by atoms with E-state index in [2.05, 4.69) is 47.5 Å². The van der Waals surface area contributed by atoms with Crippen LogP contribution < -0.4 is 5.32 Å². The molecule has 19 heavy (non-hydrogen) atoms. The van der Waals surface area contributed by atoms with Gasteiger partial charge in [0, 0.05) is 36.4 Å². The molecule has 2 aromatic rings. The first-order valence-electron chi connectivity index (χ1n) is 6.55. The third-order valence-corrected chi connectivity index (χ3v) is 4.29. The monoisotopic (exact) mass is 278 g/mol. The number of rotatable bonds is 5. The molecule has 1 N–H and O–H groups in total. The maximum Gasteiger partial charge on any atom is 0.0946 e. The van der Waals surface area contributed by atoms with E-state index in [0.717, 1.165) is 18.8 Å². The second kappa shape index (κ2) is 5.84. The zero-order chi connectivity index (χ0) is 13.9. The van der Waals surface area contributed by atoms with Crippen molar-refractivity contribution in [3.63, 3.8) is 0 Å². The van der Waals surface area contributed by atoms with E-state index in [-0.39, 0.29) is 5.41 Å². The molecule has 0 bridgehead atoms. The van der Waals surface area contributed by atoms with E-state index < -0.39 is 0 Å². The van der Waals surface area contributed by atoms with Gasteiger partial charge in [-0.15, -0.1) is 11.3 Å². The van der Waals surface area contributed by atoms with Crippen molar-refractivity contribution in [2.45, 2.75) is 46.8 Å². The fraction of sp³-hybridized carbons (Fsp3) is 0.571. The van der Waals surface area contributed by atoms with Gasteiger partial charge >= 0.3 is 0 Å². The summed E-state index contributed by atoms with van der Waals surface area (Å²) in [6.07, 6.45) is 5.71. The minimum absolute atomic E-state index is 0.197. The van der Waals surface area contributed by atoms with Gasteiger partial charge in [-0.25, -0.2) is 9.97 Å². The highest BCUT2D eigenvalue weighted by molar-refractivity contribution is 7.09. The van der Waals surface area contributed by atoms with Crippen molar-refractivity contribution < 1.29 is 0 Å². The summed E-state index contributed by atoms with van der Waals surface area (Å²) in [5.74, 6) is 0. The quantitative estimate of drug-likeness (QED) is 0.914. The number of thiazole rings is 1. The smallest absolute Gasteiger partial charge is 0.0946 e. The molecule has 2 rings (SSSR count). The maximum absolute atomic E-state index is 4.30. The van der Waals surface area contributed by atoms with Gasteiger partial charge in [0.2, 0.25) is 0 Å². The van der Waals surface area contributed by atoms with Crippen LogP contribution in [-0.4, -0.2) is 20.6 Å². The van der Waals surface area contributed by atoms with Gasteiger partial charge in [0.15, 0.2) is 0 Å². The van der Waals surface area contributed by atoms with Crippen LogP contribution in [0.15, 0.2) is 24.2 Å². The second-order valence-electron chi connectivity index (χ2n) is 5.92. The van der Waals surface area contributed by atoms with Gasteiger partial charge in [0.1, 0.15) is 0 Å². The molecule has 2 aromatic heterocycles. The van der Waals surface area contributed by atoms with Crippen LogP contribution in [0.3, 0.4) is 0 Å². The Labute approximate surface area is 118 Å². The van der Waals surface area contributed by atoms with E-state index in [1.807, 2.05) is 24.2 Å². The topological polar surface area (TPSA) is 42.7 Å². The lowest BCUT2D eigenvalue weighted by molar-refractivity contribution is 0.240. The molecule has 1 unspecified atom stereocenters. The summed E-state index contributed by atoms with van der Waals surface area (Å²) in [6.45, 7) is 10.7. The summed E-state index contributed by atoms with van der Waals surface area (Å²) in [6, 6.07) is 0.392. The van der Waals surface area contributed by atoms with Crippen LogP contribution in [0.5, 0.6) is 0 Å². The Morgan fingerprint density at radius 2 is 2.21 bits per heavy atom. The third-order valence-electron chi connectivity index (χ3n) is 3.35. The normalized spacial score (nSPS) is 13.7. The van der Waals surface area contributed by atoms with Crippen molar-refractivity contribution in [2.24, 2.45) is 5.41 Å². The van der Waals surface area contributed by atoms with Crippen LogP contribution >= 0.6 is 11.3 Å². The van der Waals surface area contributed by atoms with Crippen molar-refractivity contribution in [1.29, 1.82) is 0 Å². The minimum Gasteiger partial charge on any atom is -0.336 e. The molecule has 4 nitrogen and oxygen atoms in total. The van der Waals surface area contributed by atoms with Crippen LogP contribution in [-0.2, 0) is 13.1 Å². The third kappa shape index (κ3) is 3.88. The first kappa shape index (κ1) is 14.2. The standard InChI is InChI=1S/C14H22N4S/c1-11-12(19-10-17-11)7-16-13(14(2,3)4)8-18-6-5-15-9-18/h5-6,9-10,13,16H,7-8H2,1-4H3. The SMILES string of the molecule is Cc1ncsc1CNC(Cn1ccnc1)C(C)(C)C. The number of imidazole rings is 1. The summed E-state index contributed by atoms with van der Waals surface area (Å²) in [7, 11) is 0. The van der Waals surface area contributed by atoms with E-state index in [9.17, 15) is 0 Å². The Bertz CT molecular complexity index is 496. The molecule has 2 heterocycles. The molecule has 5 heteroatoms. The molecule has 0 aliphatic heterocycles. The maximum atomic E-state index is 4.30. The van der Waals surface area contributed by atoms with Gasteiger partial charge in [-0.1, -0.05) is 20.8 Å². The first-order valence-corrected chi connectivity index (χ1v) is 7.43. The average Bonchev–Trinajstić information content (AvgIpc) is 2.94. The number of nitrogens with zero attached hydrogens (tertiary/aromatic N) is 3. The van der Waals surface area contributed by atoms with Gasteiger partial charge < -0.3 is 9.88 Å². The zero-order valence-corrected chi connectivity index (χ0v) is 12.9. The summed E-state index contributed by atoms with van der Waals surface area (Å²) in [5, 5.41) is 3.66. The van der Waals surface area contributed by atoms with Gasteiger partial charge in [-0.3, -0.25) is 0 Å². The number of hydrogen-bond donors (Lipinski definition) is 1. The highest BCUT2D eigenvalue weighted by Crippen LogP contribution is 2.22. The minimum atomic E-state index is 0.197. The van der Waals surface area contributed by atoms with Crippen molar-refractivity contribution >= 4 is 11.3 Å². The van der Waals surface area contributed by atoms with Crippen LogP contribution in [0, 0.1) is 12.3 Å². The van der Waals surface area contributed by atoms with Gasteiger partial charge in [-0.05, 0) is 12.3 Å². The zero-order valence-electron chi connectivity index (χ0n) is 12.1. The molecule has 0 fully saturated rings. The van der Waals surface area contributed by atoms with Crippen LogP contribution in [0.25, 0.3) is 0 Å². The first-order chi connectivity index (χ1) is 8.97. The summed E-state index contributed by atoms with van der Waals surface area (Å²) in [4.78, 5) is 9.72. The molecule has 0 saturated heterocycles. The fourth-order valence-electron chi connectivity index (χ4n) is 1.96. The number of nitrogens with one attached hydrogen (secondary N) is 1. The van der Waals surface area contributed by atoms with E-state index in [1.165, 1.54) is 4.88 Å². The van der Waals surface area contributed by atoms with Crippen molar-refractivity contribution in [3.8, 4) is 0 Å². The lowest BCUT2D eigenvalue weighted by atomic mass is 9.86. The van der Waals surface area contributed by atoms with E-state index >= 15 is 0 Å². The molecule has 0 radical (unpaired) electrons. The highest BCUT2D eigenvalue weighted by Gasteiger charge is 2.24.